The van der Waals surface area contributed by atoms with Crippen molar-refractivity contribution in [3.63, 3.8) is 0 Å². The number of piperidine rings is 1. The summed E-state index contributed by atoms with van der Waals surface area (Å²) in [5.41, 5.74) is 2.90. The first kappa shape index (κ1) is 22.0. The number of phenols is 1. The highest BCUT2D eigenvalue weighted by Crippen LogP contribution is 2.41. The molecule has 3 fully saturated rings. The van der Waals surface area contributed by atoms with Crippen molar-refractivity contribution < 1.29 is 9.90 Å². The Morgan fingerprint density at radius 2 is 1.80 bits per heavy atom. The normalized spacial score (nSPS) is 23.3. The smallest absolute Gasteiger partial charge is 0.233 e. The number of carbonyl (C=O) groups excluding carboxylic acids is 1. The maximum absolute atomic E-state index is 14.1. The molecule has 0 aliphatic carbocycles. The number of fused-ring (bicyclic) bond motifs is 1. The van der Waals surface area contributed by atoms with E-state index >= 15 is 0 Å². The summed E-state index contributed by atoms with van der Waals surface area (Å²) in [6, 6.07) is 20.0. The van der Waals surface area contributed by atoms with Crippen LogP contribution in [0.1, 0.15) is 24.8 Å². The van der Waals surface area contributed by atoms with E-state index in [0.29, 0.717) is 23.2 Å². The summed E-state index contributed by atoms with van der Waals surface area (Å²) in [4.78, 5) is 18.5. The number of aromatic nitrogens is 2. The Hall–Kier alpha value is -3.45. The lowest BCUT2D eigenvalue weighted by Gasteiger charge is -2.43. The third-order valence-electron chi connectivity index (χ3n) is 8.19. The summed E-state index contributed by atoms with van der Waals surface area (Å²) in [6.45, 7) is 4.27. The molecule has 3 aliphatic heterocycles. The molecule has 7 nitrogen and oxygen atoms in total. The van der Waals surface area contributed by atoms with Gasteiger partial charge in [0.25, 0.3) is 0 Å². The number of benzene rings is 2. The summed E-state index contributed by atoms with van der Waals surface area (Å²) in [6.07, 6.45) is 4.44. The van der Waals surface area contributed by atoms with Gasteiger partial charge in [0.15, 0.2) is 0 Å². The molecule has 2 aromatic carbocycles. The zero-order chi connectivity index (χ0) is 23.8. The average Bonchev–Trinajstić information content (AvgIpc) is 3.52. The standard InChI is InChI=1S/C28H31N5O2/c34-26-9-5-4-8-23(26)24-16-22(17-30-31-24)32-14-11-28(12-15-32,21-6-2-1-3-7-21)27(35)33-18-20-10-13-29-25(20)19-33/h1-9,16-17,20,25,29,34H,10-15,18-19H2/t20-,25+/m1/s1. The number of carbonyl (C=O) groups is 1. The van der Waals surface area contributed by atoms with Crippen molar-refractivity contribution in [2.24, 2.45) is 5.92 Å². The fourth-order valence-electron chi connectivity index (χ4n) is 6.20. The quantitative estimate of drug-likeness (QED) is 0.611. The number of anilines is 1. The predicted molar refractivity (Wildman–Crippen MR) is 135 cm³/mol. The van der Waals surface area contributed by atoms with E-state index in [1.165, 1.54) is 0 Å². The van der Waals surface area contributed by atoms with Gasteiger partial charge in [-0.1, -0.05) is 42.5 Å². The summed E-state index contributed by atoms with van der Waals surface area (Å²) in [5, 5.41) is 22.3. The number of aromatic hydroxyl groups is 1. The molecule has 1 aromatic heterocycles. The van der Waals surface area contributed by atoms with Gasteiger partial charge in [-0.15, -0.1) is 0 Å². The van der Waals surface area contributed by atoms with Crippen LogP contribution in [-0.4, -0.2) is 64.9 Å². The molecule has 0 unspecified atom stereocenters. The van der Waals surface area contributed by atoms with Crippen LogP contribution in [0.4, 0.5) is 5.69 Å². The Kier molecular flexibility index (Phi) is 5.65. The van der Waals surface area contributed by atoms with E-state index in [2.05, 4.69) is 37.4 Å². The Bertz CT molecular complexity index is 1200. The zero-order valence-corrected chi connectivity index (χ0v) is 19.8. The van der Waals surface area contributed by atoms with Crippen LogP contribution in [0.25, 0.3) is 11.3 Å². The summed E-state index contributed by atoms with van der Waals surface area (Å²) in [5.74, 6) is 1.06. The average molecular weight is 470 g/mol. The van der Waals surface area contributed by atoms with Gasteiger partial charge in [0, 0.05) is 37.8 Å². The minimum absolute atomic E-state index is 0.191. The van der Waals surface area contributed by atoms with E-state index in [4.69, 9.17) is 0 Å². The molecule has 2 atom stereocenters. The van der Waals surface area contributed by atoms with Crippen LogP contribution in [0.15, 0.2) is 66.9 Å². The third-order valence-corrected chi connectivity index (χ3v) is 8.19. The molecular weight excluding hydrogens is 438 g/mol. The van der Waals surface area contributed by atoms with Crippen molar-refractivity contribution in [2.45, 2.75) is 30.7 Å². The number of phenolic OH excluding ortho intramolecular Hbond substituents is 1. The summed E-state index contributed by atoms with van der Waals surface area (Å²) in [7, 11) is 0. The Morgan fingerprint density at radius 3 is 2.57 bits per heavy atom. The van der Waals surface area contributed by atoms with E-state index in [1.807, 2.05) is 36.4 Å². The number of hydrogen-bond acceptors (Lipinski definition) is 6. The third kappa shape index (κ3) is 3.93. The van der Waals surface area contributed by atoms with E-state index in [0.717, 1.165) is 63.2 Å². The fraction of sp³-hybridized carbons (Fsp3) is 0.393. The van der Waals surface area contributed by atoms with Gasteiger partial charge in [0.1, 0.15) is 5.75 Å². The number of hydrogen-bond donors (Lipinski definition) is 2. The van der Waals surface area contributed by atoms with Crippen molar-refractivity contribution >= 4 is 11.6 Å². The first-order chi connectivity index (χ1) is 17.1. The highest BCUT2D eigenvalue weighted by Gasteiger charge is 2.48. The van der Waals surface area contributed by atoms with Gasteiger partial charge < -0.3 is 20.2 Å². The zero-order valence-electron chi connectivity index (χ0n) is 19.8. The van der Waals surface area contributed by atoms with E-state index < -0.39 is 5.41 Å². The largest absolute Gasteiger partial charge is 0.507 e. The number of amides is 1. The van der Waals surface area contributed by atoms with Crippen molar-refractivity contribution in [1.29, 1.82) is 0 Å². The lowest BCUT2D eigenvalue weighted by molar-refractivity contribution is -0.137. The molecule has 1 amide bonds. The van der Waals surface area contributed by atoms with Crippen LogP contribution in [0.2, 0.25) is 0 Å². The van der Waals surface area contributed by atoms with Gasteiger partial charge in [-0.3, -0.25) is 4.79 Å². The minimum atomic E-state index is -0.503. The van der Waals surface area contributed by atoms with Gasteiger partial charge in [0.2, 0.25) is 5.91 Å². The Morgan fingerprint density at radius 1 is 1.03 bits per heavy atom. The van der Waals surface area contributed by atoms with Gasteiger partial charge >= 0.3 is 0 Å². The highest BCUT2D eigenvalue weighted by atomic mass is 16.3. The Labute approximate surface area is 205 Å². The molecule has 3 aliphatic rings. The van der Waals surface area contributed by atoms with Crippen molar-refractivity contribution in [3.8, 4) is 17.0 Å². The van der Waals surface area contributed by atoms with Crippen LogP contribution < -0.4 is 10.2 Å². The number of nitrogens with zero attached hydrogens (tertiary/aromatic N) is 4. The van der Waals surface area contributed by atoms with Crippen molar-refractivity contribution in [2.75, 3.05) is 37.6 Å². The lowest BCUT2D eigenvalue weighted by Crippen LogP contribution is -2.53. The SMILES string of the molecule is O=C(N1C[C@H]2CCN[C@H]2C1)C1(c2ccccc2)CCN(c2cnnc(-c3ccccc3O)c2)CC1. The molecule has 6 rings (SSSR count). The molecule has 0 saturated carbocycles. The molecule has 0 radical (unpaired) electrons. The number of para-hydroxylation sites is 1. The van der Waals surface area contributed by atoms with E-state index in [-0.39, 0.29) is 11.7 Å². The molecule has 4 heterocycles. The summed E-state index contributed by atoms with van der Waals surface area (Å²) >= 11 is 0. The van der Waals surface area contributed by atoms with E-state index in [1.54, 1.807) is 18.3 Å². The lowest BCUT2D eigenvalue weighted by atomic mass is 9.71. The van der Waals surface area contributed by atoms with Crippen LogP contribution in [0, 0.1) is 5.92 Å². The van der Waals surface area contributed by atoms with Gasteiger partial charge in [-0.05, 0) is 55.5 Å². The molecule has 35 heavy (non-hydrogen) atoms. The first-order valence-corrected chi connectivity index (χ1v) is 12.6. The summed E-state index contributed by atoms with van der Waals surface area (Å²) < 4.78 is 0. The van der Waals surface area contributed by atoms with Gasteiger partial charge in [-0.2, -0.15) is 10.2 Å². The van der Waals surface area contributed by atoms with Crippen LogP contribution in [-0.2, 0) is 10.2 Å². The number of likely N-dealkylation sites (tertiary alicyclic amines) is 1. The topological polar surface area (TPSA) is 81.6 Å². The molecular formula is C28H31N5O2. The second-order valence-electron chi connectivity index (χ2n) is 10.1. The Balaban J connectivity index is 1.25. The highest BCUT2D eigenvalue weighted by molar-refractivity contribution is 5.89. The molecule has 3 saturated heterocycles. The molecule has 2 N–H and O–H groups in total. The number of nitrogens with one attached hydrogen (secondary N) is 1. The second-order valence-corrected chi connectivity index (χ2v) is 10.1. The van der Waals surface area contributed by atoms with Crippen LogP contribution in [0.5, 0.6) is 5.75 Å². The maximum atomic E-state index is 14.1. The fourth-order valence-corrected chi connectivity index (χ4v) is 6.20. The first-order valence-electron chi connectivity index (χ1n) is 12.6. The van der Waals surface area contributed by atoms with Gasteiger partial charge in [0.05, 0.1) is 23.0 Å². The van der Waals surface area contributed by atoms with Crippen molar-refractivity contribution in [3.05, 3.63) is 72.4 Å². The monoisotopic (exact) mass is 469 g/mol. The molecule has 7 heteroatoms. The van der Waals surface area contributed by atoms with Crippen LogP contribution in [0.3, 0.4) is 0 Å². The maximum Gasteiger partial charge on any atom is 0.233 e. The number of rotatable bonds is 4. The van der Waals surface area contributed by atoms with Crippen LogP contribution >= 0.6 is 0 Å². The van der Waals surface area contributed by atoms with Gasteiger partial charge in [-0.25, -0.2) is 0 Å². The van der Waals surface area contributed by atoms with Crippen molar-refractivity contribution in [1.82, 2.24) is 20.4 Å². The molecule has 0 bridgehead atoms. The molecule has 0 spiro atoms. The minimum Gasteiger partial charge on any atom is -0.507 e. The second kappa shape index (κ2) is 8.96. The van der Waals surface area contributed by atoms with E-state index in [9.17, 15) is 9.90 Å². The predicted octanol–water partition coefficient (Wildman–Crippen LogP) is 3.21. The molecule has 180 valence electrons. The molecule has 3 aromatic rings.